The maximum atomic E-state index is 6.25. The first-order valence-corrected chi connectivity index (χ1v) is 6.43. The van der Waals surface area contributed by atoms with Crippen molar-refractivity contribution >= 4 is 15.9 Å². The summed E-state index contributed by atoms with van der Waals surface area (Å²) in [5, 5.41) is 0. The van der Waals surface area contributed by atoms with Crippen molar-refractivity contribution in [2.24, 2.45) is 5.73 Å². The SMILES string of the molecule is COc1cccnc1C(N)c1ccc(Br)c(C)c1. The summed E-state index contributed by atoms with van der Waals surface area (Å²) in [5.74, 6) is 0.713. The third kappa shape index (κ3) is 2.54. The van der Waals surface area contributed by atoms with Crippen LogP contribution in [0.5, 0.6) is 5.75 Å². The zero-order chi connectivity index (χ0) is 13.1. The minimum absolute atomic E-state index is 0.284. The van der Waals surface area contributed by atoms with Crippen LogP contribution in [0.3, 0.4) is 0 Å². The van der Waals surface area contributed by atoms with Crippen molar-refractivity contribution in [2.45, 2.75) is 13.0 Å². The van der Waals surface area contributed by atoms with Crippen molar-refractivity contribution < 1.29 is 4.74 Å². The number of ether oxygens (including phenoxy) is 1. The number of pyridine rings is 1. The van der Waals surface area contributed by atoms with E-state index in [0.29, 0.717) is 5.75 Å². The van der Waals surface area contributed by atoms with Gasteiger partial charge < -0.3 is 10.5 Å². The van der Waals surface area contributed by atoms with E-state index >= 15 is 0 Å². The van der Waals surface area contributed by atoms with Crippen molar-refractivity contribution in [3.63, 3.8) is 0 Å². The number of halogens is 1. The van der Waals surface area contributed by atoms with Crippen LogP contribution in [0.2, 0.25) is 0 Å². The van der Waals surface area contributed by atoms with E-state index in [0.717, 1.165) is 21.3 Å². The Kier molecular flexibility index (Phi) is 3.99. The molecule has 0 aliphatic carbocycles. The highest BCUT2D eigenvalue weighted by atomic mass is 79.9. The van der Waals surface area contributed by atoms with Crippen LogP contribution in [0.4, 0.5) is 0 Å². The van der Waals surface area contributed by atoms with Gasteiger partial charge in [-0.1, -0.05) is 28.1 Å². The maximum absolute atomic E-state index is 6.25. The Hall–Kier alpha value is -1.39. The lowest BCUT2D eigenvalue weighted by atomic mass is 10.0. The average molecular weight is 307 g/mol. The number of methoxy groups -OCH3 is 1. The fourth-order valence-electron chi connectivity index (χ4n) is 1.83. The van der Waals surface area contributed by atoms with E-state index in [9.17, 15) is 0 Å². The minimum Gasteiger partial charge on any atom is -0.495 e. The number of nitrogens with zero attached hydrogens (tertiary/aromatic N) is 1. The third-order valence-electron chi connectivity index (χ3n) is 2.86. The van der Waals surface area contributed by atoms with Crippen LogP contribution in [-0.2, 0) is 0 Å². The summed E-state index contributed by atoms with van der Waals surface area (Å²) in [6.07, 6.45) is 1.73. The highest BCUT2D eigenvalue weighted by molar-refractivity contribution is 9.10. The molecule has 0 aliphatic heterocycles. The smallest absolute Gasteiger partial charge is 0.142 e. The highest BCUT2D eigenvalue weighted by Gasteiger charge is 2.15. The first kappa shape index (κ1) is 13.1. The number of rotatable bonds is 3. The largest absolute Gasteiger partial charge is 0.495 e. The Morgan fingerprint density at radius 3 is 2.78 bits per heavy atom. The van der Waals surface area contributed by atoms with E-state index in [1.54, 1.807) is 13.3 Å². The normalized spacial score (nSPS) is 12.2. The van der Waals surface area contributed by atoms with Crippen LogP contribution >= 0.6 is 15.9 Å². The van der Waals surface area contributed by atoms with Gasteiger partial charge in [-0.15, -0.1) is 0 Å². The van der Waals surface area contributed by atoms with Gasteiger partial charge in [0.2, 0.25) is 0 Å². The first-order valence-electron chi connectivity index (χ1n) is 5.64. The molecule has 3 nitrogen and oxygen atoms in total. The zero-order valence-corrected chi connectivity index (χ0v) is 11.9. The van der Waals surface area contributed by atoms with E-state index in [2.05, 4.69) is 27.0 Å². The molecule has 0 saturated heterocycles. The molecule has 18 heavy (non-hydrogen) atoms. The molecule has 0 bridgehead atoms. The van der Waals surface area contributed by atoms with Crippen LogP contribution in [-0.4, -0.2) is 12.1 Å². The minimum atomic E-state index is -0.284. The summed E-state index contributed by atoms with van der Waals surface area (Å²) in [6.45, 7) is 2.04. The fourth-order valence-corrected chi connectivity index (χ4v) is 2.07. The van der Waals surface area contributed by atoms with Gasteiger partial charge in [-0.2, -0.15) is 0 Å². The van der Waals surface area contributed by atoms with E-state index in [4.69, 9.17) is 10.5 Å². The van der Waals surface area contributed by atoms with Gasteiger partial charge in [-0.3, -0.25) is 4.98 Å². The Morgan fingerprint density at radius 2 is 2.11 bits per heavy atom. The summed E-state index contributed by atoms with van der Waals surface area (Å²) in [7, 11) is 1.63. The lowest BCUT2D eigenvalue weighted by Crippen LogP contribution is -2.14. The molecule has 2 rings (SSSR count). The number of hydrogen-bond acceptors (Lipinski definition) is 3. The Morgan fingerprint density at radius 1 is 1.33 bits per heavy atom. The molecule has 4 heteroatoms. The molecule has 0 aliphatic rings. The van der Waals surface area contributed by atoms with Gasteiger partial charge in [0, 0.05) is 10.7 Å². The lowest BCUT2D eigenvalue weighted by Gasteiger charge is -2.15. The third-order valence-corrected chi connectivity index (χ3v) is 3.75. The van der Waals surface area contributed by atoms with E-state index in [1.807, 2.05) is 31.2 Å². The van der Waals surface area contributed by atoms with Crippen molar-refractivity contribution in [1.29, 1.82) is 0 Å². The number of nitrogens with two attached hydrogens (primary N) is 1. The lowest BCUT2D eigenvalue weighted by molar-refractivity contribution is 0.404. The van der Waals surface area contributed by atoms with Gasteiger partial charge in [0.15, 0.2) is 0 Å². The second-order valence-electron chi connectivity index (χ2n) is 4.08. The second-order valence-corrected chi connectivity index (χ2v) is 4.93. The van der Waals surface area contributed by atoms with Crippen molar-refractivity contribution in [1.82, 2.24) is 4.98 Å². The number of aromatic nitrogens is 1. The van der Waals surface area contributed by atoms with Gasteiger partial charge in [0.25, 0.3) is 0 Å². The first-order chi connectivity index (χ1) is 8.63. The van der Waals surface area contributed by atoms with Gasteiger partial charge in [-0.25, -0.2) is 0 Å². The molecule has 1 unspecified atom stereocenters. The number of aryl methyl sites for hydroxylation is 1. The predicted molar refractivity (Wildman–Crippen MR) is 75.7 cm³/mol. The molecule has 0 radical (unpaired) electrons. The van der Waals surface area contributed by atoms with Crippen LogP contribution in [0, 0.1) is 6.92 Å². The monoisotopic (exact) mass is 306 g/mol. The van der Waals surface area contributed by atoms with Crippen molar-refractivity contribution in [3.8, 4) is 5.75 Å². The summed E-state index contributed by atoms with van der Waals surface area (Å²) in [4.78, 5) is 4.32. The molecule has 1 atom stereocenters. The maximum Gasteiger partial charge on any atom is 0.142 e. The molecule has 0 saturated carbocycles. The van der Waals surface area contributed by atoms with E-state index < -0.39 is 0 Å². The molecule has 0 spiro atoms. The van der Waals surface area contributed by atoms with Gasteiger partial charge >= 0.3 is 0 Å². The van der Waals surface area contributed by atoms with Crippen LogP contribution in [0.1, 0.15) is 22.9 Å². The summed E-state index contributed by atoms with van der Waals surface area (Å²) in [5.41, 5.74) is 9.18. The van der Waals surface area contributed by atoms with Gasteiger partial charge in [0.1, 0.15) is 11.4 Å². The van der Waals surface area contributed by atoms with Crippen molar-refractivity contribution in [2.75, 3.05) is 7.11 Å². The highest BCUT2D eigenvalue weighted by Crippen LogP contribution is 2.28. The molecule has 2 aromatic rings. The van der Waals surface area contributed by atoms with Gasteiger partial charge in [0.05, 0.1) is 13.2 Å². The summed E-state index contributed by atoms with van der Waals surface area (Å²) < 4.78 is 6.37. The predicted octanol–water partition coefficient (Wildman–Crippen LogP) is 3.21. The average Bonchev–Trinajstić information content (AvgIpc) is 2.41. The molecule has 1 heterocycles. The van der Waals surface area contributed by atoms with E-state index in [-0.39, 0.29) is 6.04 Å². The number of hydrogen-bond donors (Lipinski definition) is 1. The summed E-state index contributed by atoms with van der Waals surface area (Å²) >= 11 is 3.48. The number of benzene rings is 1. The molecule has 1 aromatic carbocycles. The Labute approximate surface area is 115 Å². The van der Waals surface area contributed by atoms with Crippen molar-refractivity contribution in [3.05, 3.63) is 57.8 Å². The quantitative estimate of drug-likeness (QED) is 0.947. The zero-order valence-electron chi connectivity index (χ0n) is 10.4. The molecular formula is C14H15BrN2O. The standard InChI is InChI=1S/C14H15BrN2O/c1-9-8-10(5-6-11(9)15)13(16)14-12(18-2)4-3-7-17-14/h3-8,13H,16H2,1-2H3. The molecule has 0 amide bonds. The van der Waals surface area contributed by atoms with Crippen LogP contribution in [0.25, 0.3) is 0 Å². The molecular weight excluding hydrogens is 292 g/mol. The molecule has 1 aromatic heterocycles. The summed E-state index contributed by atoms with van der Waals surface area (Å²) in [6, 6.07) is 9.47. The molecule has 0 fully saturated rings. The topological polar surface area (TPSA) is 48.1 Å². The van der Waals surface area contributed by atoms with Gasteiger partial charge in [-0.05, 0) is 36.2 Å². The molecule has 2 N–H and O–H groups in total. The van der Waals surface area contributed by atoms with E-state index in [1.165, 1.54) is 0 Å². The second kappa shape index (κ2) is 5.50. The fraction of sp³-hybridized carbons (Fsp3) is 0.214. The molecule has 94 valence electrons. The Bertz CT molecular complexity index is 557. The van der Waals surface area contributed by atoms with Crippen LogP contribution in [0.15, 0.2) is 41.0 Å². The van der Waals surface area contributed by atoms with Crippen LogP contribution < -0.4 is 10.5 Å². The Balaban J connectivity index is 2.41.